The zero-order chi connectivity index (χ0) is 14.7. The maximum Gasteiger partial charge on any atom is 0.224 e. The highest BCUT2D eigenvalue weighted by Gasteiger charge is 2.25. The van der Waals surface area contributed by atoms with E-state index in [1.807, 2.05) is 33.3 Å². The van der Waals surface area contributed by atoms with Gasteiger partial charge in [-0.25, -0.2) is 0 Å². The predicted octanol–water partition coefficient (Wildman–Crippen LogP) is 1.33. The topological polar surface area (TPSA) is 76.2 Å². The summed E-state index contributed by atoms with van der Waals surface area (Å²) in [5.41, 5.74) is 6.90. The molecule has 0 bridgehead atoms. The van der Waals surface area contributed by atoms with Crippen LogP contribution in [0.1, 0.15) is 26.7 Å². The van der Waals surface area contributed by atoms with E-state index >= 15 is 0 Å². The lowest BCUT2D eigenvalue weighted by Crippen LogP contribution is -2.50. The summed E-state index contributed by atoms with van der Waals surface area (Å²) in [6.45, 7) is 5.60. The Balaban J connectivity index is 0.00000220. The smallest absolute Gasteiger partial charge is 0.224 e. The van der Waals surface area contributed by atoms with Gasteiger partial charge >= 0.3 is 0 Å². The van der Waals surface area contributed by atoms with Gasteiger partial charge in [0, 0.05) is 44.3 Å². The highest BCUT2D eigenvalue weighted by molar-refractivity contribution is 5.85. The number of carbonyl (C=O) groups excluding carboxylic acids is 1. The lowest BCUT2D eigenvalue weighted by atomic mass is 10.0. The van der Waals surface area contributed by atoms with Crippen LogP contribution in [0.2, 0.25) is 0 Å². The molecule has 6 nitrogen and oxygen atoms in total. The van der Waals surface area contributed by atoms with Crippen molar-refractivity contribution in [2.24, 2.45) is 18.7 Å². The summed E-state index contributed by atoms with van der Waals surface area (Å²) in [7, 11) is 1.91. The van der Waals surface area contributed by atoms with Gasteiger partial charge in [-0.2, -0.15) is 5.10 Å². The number of halogens is 2. The number of aromatic nitrogens is 2. The second-order valence-corrected chi connectivity index (χ2v) is 5.81. The minimum Gasteiger partial charge on any atom is -0.367 e. The minimum absolute atomic E-state index is 0. The molecule has 3 atom stereocenters. The van der Waals surface area contributed by atoms with Gasteiger partial charge in [0.05, 0.1) is 11.9 Å². The fraction of sp³-hybridized carbons (Fsp3) is 0.714. The first kappa shape index (κ1) is 21.0. The molecule has 2 rings (SSSR count). The van der Waals surface area contributed by atoms with Crippen molar-refractivity contribution in [1.82, 2.24) is 15.1 Å². The molecule has 1 saturated heterocycles. The average molecular weight is 352 g/mol. The van der Waals surface area contributed by atoms with Gasteiger partial charge in [-0.05, 0) is 19.8 Å². The van der Waals surface area contributed by atoms with Crippen molar-refractivity contribution in [3.63, 3.8) is 0 Å². The number of nitrogens with one attached hydrogen (secondary N) is 1. The number of hydrogen-bond donors (Lipinski definition) is 2. The van der Waals surface area contributed by atoms with Crippen LogP contribution < -0.4 is 16.0 Å². The van der Waals surface area contributed by atoms with Crippen molar-refractivity contribution in [1.29, 1.82) is 0 Å². The summed E-state index contributed by atoms with van der Waals surface area (Å²) < 4.78 is 1.80. The number of rotatable bonds is 4. The molecule has 3 N–H and O–H groups in total. The number of hydrogen-bond acceptors (Lipinski definition) is 4. The van der Waals surface area contributed by atoms with Crippen molar-refractivity contribution >= 4 is 36.4 Å². The lowest BCUT2D eigenvalue weighted by molar-refractivity contribution is -0.125. The molecule has 3 unspecified atom stereocenters. The summed E-state index contributed by atoms with van der Waals surface area (Å²) >= 11 is 0. The zero-order valence-electron chi connectivity index (χ0n) is 13.4. The van der Waals surface area contributed by atoms with E-state index in [-0.39, 0.29) is 48.7 Å². The second-order valence-electron chi connectivity index (χ2n) is 5.81. The summed E-state index contributed by atoms with van der Waals surface area (Å²) in [4.78, 5) is 14.3. The highest BCUT2D eigenvalue weighted by atomic mass is 35.5. The van der Waals surface area contributed by atoms with Crippen LogP contribution in [0.25, 0.3) is 0 Å². The largest absolute Gasteiger partial charge is 0.367 e. The summed E-state index contributed by atoms with van der Waals surface area (Å²) in [6.07, 6.45) is 5.98. The van der Waals surface area contributed by atoms with E-state index in [9.17, 15) is 4.79 Å². The Morgan fingerprint density at radius 1 is 1.45 bits per heavy atom. The van der Waals surface area contributed by atoms with Crippen LogP contribution >= 0.6 is 24.8 Å². The lowest BCUT2D eigenvalue weighted by Gasteiger charge is -2.34. The fourth-order valence-corrected chi connectivity index (χ4v) is 2.47. The molecule has 0 aliphatic carbocycles. The maximum absolute atomic E-state index is 12.1. The van der Waals surface area contributed by atoms with Gasteiger partial charge in [0.2, 0.25) is 5.91 Å². The zero-order valence-corrected chi connectivity index (χ0v) is 15.0. The van der Waals surface area contributed by atoms with E-state index in [1.54, 1.807) is 4.68 Å². The molecule has 2 heterocycles. The summed E-state index contributed by atoms with van der Waals surface area (Å²) in [5, 5.41) is 7.32. The van der Waals surface area contributed by atoms with Crippen molar-refractivity contribution in [3.05, 3.63) is 12.4 Å². The molecule has 1 aromatic heterocycles. The molecule has 128 valence electrons. The number of carbonyl (C=O) groups is 1. The Kier molecular flexibility index (Phi) is 8.81. The number of amides is 1. The monoisotopic (exact) mass is 351 g/mol. The molecule has 0 saturated carbocycles. The van der Waals surface area contributed by atoms with Gasteiger partial charge in [0.15, 0.2) is 0 Å². The fourth-order valence-electron chi connectivity index (χ4n) is 2.47. The molecular weight excluding hydrogens is 325 g/mol. The van der Waals surface area contributed by atoms with E-state index in [0.717, 1.165) is 31.6 Å². The van der Waals surface area contributed by atoms with Crippen LogP contribution in [0.15, 0.2) is 12.4 Å². The third-order valence-electron chi connectivity index (χ3n) is 4.03. The average Bonchev–Trinajstić information content (AvgIpc) is 2.84. The van der Waals surface area contributed by atoms with Crippen LogP contribution in [0.3, 0.4) is 0 Å². The first-order valence-electron chi connectivity index (χ1n) is 7.27. The number of aryl methyl sites for hydroxylation is 1. The highest BCUT2D eigenvalue weighted by Crippen LogP contribution is 2.19. The van der Waals surface area contributed by atoms with Gasteiger partial charge in [-0.15, -0.1) is 24.8 Å². The van der Waals surface area contributed by atoms with E-state index in [0.29, 0.717) is 0 Å². The number of anilines is 1. The second kappa shape index (κ2) is 9.22. The molecule has 1 fully saturated rings. The van der Waals surface area contributed by atoms with Crippen LogP contribution in [0.5, 0.6) is 0 Å². The number of piperidine rings is 1. The standard InChI is InChI=1S/C14H25N5O.2ClH/c1-10(11(2)15)14(20)17-12-5-4-6-19(8-12)13-7-16-18(3)9-13;;/h7,9-12H,4-6,8,15H2,1-3H3,(H,17,20);2*1H. The van der Waals surface area contributed by atoms with Crippen molar-refractivity contribution in [3.8, 4) is 0 Å². The number of nitrogens with zero attached hydrogens (tertiary/aromatic N) is 3. The Labute approximate surface area is 144 Å². The molecule has 1 aliphatic heterocycles. The quantitative estimate of drug-likeness (QED) is 0.857. The summed E-state index contributed by atoms with van der Waals surface area (Å²) in [6, 6.07) is 0.0747. The Morgan fingerprint density at radius 2 is 2.14 bits per heavy atom. The van der Waals surface area contributed by atoms with E-state index in [4.69, 9.17) is 5.73 Å². The minimum atomic E-state index is -0.149. The van der Waals surface area contributed by atoms with Gasteiger partial charge in [0.25, 0.3) is 0 Å². The Hall–Kier alpha value is -0.980. The first-order chi connectivity index (χ1) is 9.47. The van der Waals surface area contributed by atoms with E-state index in [2.05, 4.69) is 15.3 Å². The first-order valence-corrected chi connectivity index (χ1v) is 7.27. The maximum atomic E-state index is 12.1. The Morgan fingerprint density at radius 3 is 2.68 bits per heavy atom. The molecule has 8 heteroatoms. The van der Waals surface area contributed by atoms with E-state index in [1.165, 1.54) is 0 Å². The van der Waals surface area contributed by atoms with Crippen molar-refractivity contribution < 1.29 is 4.79 Å². The summed E-state index contributed by atoms with van der Waals surface area (Å²) in [5.74, 6) is -0.0956. The van der Waals surface area contributed by atoms with Crippen LogP contribution in [-0.2, 0) is 11.8 Å². The van der Waals surface area contributed by atoms with Crippen LogP contribution in [0.4, 0.5) is 5.69 Å². The van der Waals surface area contributed by atoms with Gasteiger partial charge in [-0.3, -0.25) is 9.48 Å². The van der Waals surface area contributed by atoms with E-state index < -0.39 is 0 Å². The molecule has 1 aromatic rings. The normalized spacial score (nSPS) is 20.4. The molecule has 1 aliphatic rings. The third kappa shape index (κ3) is 5.34. The van der Waals surface area contributed by atoms with Gasteiger partial charge in [-0.1, -0.05) is 6.92 Å². The predicted molar refractivity (Wildman–Crippen MR) is 93.9 cm³/mol. The molecule has 22 heavy (non-hydrogen) atoms. The van der Waals surface area contributed by atoms with Gasteiger partial charge in [0.1, 0.15) is 0 Å². The van der Waals surface area contributed by atoms with Gasteiger partial charge < -0.3 is 16.0 Å². The molecule has 1 amide bonds. The molecule has 0 aromatic carbocycles. The molecule has 0 radical (unpaired) electrons. The number of nitrogens with two attached hydrogens (primary N) is 1. The molecular formula is C14H27Cl2N5O. The van der Waals surface area contributed by atoms with Crippen molar-refractivity contribution in [2.75, 3.05) is 18.0 Å². The van der Waals surface area contributed by atoms with Crippen molar-refractivity contribution in [2.45, 2.75) is 38.8 Å². The van der Waals surface area contributed by atoms with Crippen LogP contribution in [0, 0.1) is 5.92 Å². The third-order valence-corrected chi connectivity index (χ3v) is 4.03. The Bertz CT molecular complexity index is 466. The SMILES string of the molecule is CC(N)C(C)C(=O)NC1CCCN(c2cnn(C)c2)C1.Cl.Cl. The molecule has 0 spiro atoms. The van der Waals surface area contributed by atoms with Crippen LogP contribution in [-0.4, -0.2) is 40.9 Å².